The summed E-state index contributed by atoms with van der Waals surface area (Å²) in [5, 5.41) is 0. The van der Waals surface area contributed by atoms with Gasteiger partial charge in [0.2, 0.25) is 5.91 Å². The summed E-state index contributed by atoms with van der Waals surface area (Å²) < 4.78 is 0. The molecule has 0 unspecified atom stereocenters. The number of fused-ring (bicyclic) bond motifs is 2. The summed E-state index contributed by atoms with van der Waals surface area (Å²) >= 11 is 0. The zero-order chi connectivity index (χ0) is 35.1. The van der Waals surface area contributed by atoms with Crippen LogP contribution in [0, 0.1) is 0 Å². The zero-order valence-electron chi connectivity index (χ0n) is 28.3. The minimum atomic E-state index is -0.510. The van der Waals surface area contributed by atoms with Gasteiger partial charge in [-0.05, 0) is 90.6 Å². The molecule has 4 aromatic rings. The van der Waals surface area contributed by atoms with Gasteiger partial charge in [0.25, 0.3) is 0 Å². The molecule has 250 valence electrons. The lowest BCUT2D eigenvalue weighted by Gasteiger charge is -2.20. The van der Waals surface area contributed by atoms with E-state index in [1.807, 2.05) is 12.1 Å². The Bertz CT molecular complexity index is 2260. The molecule has 0 atom stereocenters. The summed E-state index contributed by atoms with van der Waals surface area (Å²) in [6.07, 6.45) is 3.51. The Morgan fingerprint density at radius 1 is 0.612 bits per heavy atom. The van der Waals surface area contributed by atoms with Gasteiger partial charge in [0.05, 0.1) is 16.6 Å². The first-order chi connectivity index (χ1) is 23.3. The molecule has 0 radical (unpaired) electrons. The van der Waals surface area contributed by atoms with Crippen molar-refractivity contribution in [1.29, 1.82) is 0 Å². The molecule has 2 aliphatic rings. The molecular formula is C38H38N6O5. The molecule has 49 heavy (non-hydrogen) atoms. The van der Waals surface area contributed by atoms with Gasteiger partial charge in [-0.1, -0.05) is 0 Å². The number of hydrogen-bond donors (Lipinski definition) is 3. The number of nitrogens with two attached hydrogens (primary N) is 1. The number of Topliss-reactive ketones (excluding diaryl/α,β-unsaturated/α-hetero) is 4. The number of carbonyl (C=O) groups is 5. The van der Waals surface area contributed by atoms with Gasteiger partial charge < -0.3 is 15.7 Å². The van der Waals surface area contributed by atoms with Gasteiger partial charge in [-0.3, -0.25) is 24.0 Å². The van der Waals surface area contributed by atoms with Crippen LogP contribution in [0.25, 0.3) is 22.2 Å². The number of aromatic nitrogens is 5. The van der Waals surface area contributed by atoms with E-state index in [4.69, 9.17) is 5.73 Å². The van der Waals surface area contributed by atoms with E-state index in [9.17, 15) is 24.0 Å². The van der Waals surface area contributed by atoms with Crippen molar-refractivity contribution in [1.82, 2.24) is 24.9 Å². The number of H-pyrrole nitrogens is 2. The second-order valence-corrected chi connectivity index (χ2v) is 12.9. The van der Waals surface area contributed by atoms with Crippen molar-refractivity contribution < 1.29 is 24.0 Å². The maximum Gasteiger partial charge on any atom is 0.248 e. The minimum Gasteiger partial charge on any atom is -0.366 e. The van der Waals surface area contributed by atoms with Crippen LogP contribution in [-0.4, -0.2) is 54.0 Å². The molecule has 6 rings (SSSR count). The van der Waals surface area contributed by atoms with E-state index in [0.29, 0.717) is 106 Å². The van der Waals surface area contributed by atoms with E-state index >= 15 is 0 Å². The van der Waals surface area contributed by atoms with E-state index in [1.54, 1.807) is 52.8 Å². The first-order valence-corrected chi connectivity index (χ1v) is 16.4. The number of pyridine rings is 1. The number of aryl methyl sites for hydroxylation is 2. The number of nitrogens with zero attached hydrogens (tertiary/aromatic N) is 3. The monoisotopic (exact) mass is 658 g/mol. The van der Waals surface area contributed by atoms with Crippen LogP contribution >= 0.6 is 0 Å². The number of allylic oxidation sites excluding steroid dienone is 8. The summed E-state index contributed by atoms with van der Waals surface area (Å²) in [6.45, 7) is 8.51. The first-order valence-electron chi connectivity index (χ1n) is 16.4. The number of amides is 1. The zero-order valence-corrected chi connectivity index (χ0v) is 28.3. The summed E-state index contributed by atoms with van der Waals surface area (Å²) in [5.41, 5.74) is 13.1. The van der Waals surface area contributed by atoms with E-state index in [2.05, 4.69) is 24.9 Å². The van der Waals surface area contributed by atoms with E-state index < -0.39 is 5.91 Å². The quantitative estimate of drug-likeness (QED) is 0.179. The van der Waals surface area contributed by atoms with Crippen LogP contribution in [0.15, 0.2) is 74.9 Å². The van der Waals surface area contributed by atoms with Crippen LogP contribution in [0.2, 0.25) is 0 Å². The highest BCUT2D eigenvalue weighted by molar-refractivity contribution is 6.25. The summed E-state index contributed by atoms with van der Waals surface area (Å²) in [5.74, 6) is 0.524. The number of nitrogens with one attached hydrogen (secondary N) is 2. The molecule has 3 heterocycles. The normalized spacial score (nSPS) is 16.0. The molecule has 0 spiro atoms. The van der Waals surface area contributed by atoms with Gasteiger partial charge in [0, 0.05) is 75.1 Å². The molecule has 0 saturated carbocycles. The van der Waals surface area contributed by atoms with E-state index in [1.165, 1.54) is 0 Å². The fourth-order valence-electron chi connectivity index (χ4n) is 6.62. The number of carbonyl (C=O) groups excluding carboxylic acids is 5. The van der Waals surface area contributed by atoms with Gasteiger partial charge in [-0.25, -0.2) is 15.0 Å². The predicted octanol–water partition coefficient (Wildman–Crippen LogP) is 5.41. The lowest BCUT2D eigenvalue weighted by Crippen LogP contribution is -2.23. The van der Waals surface area contributed by atoms with Gasteiger partial charge in [-0.2, -0.15) is 0 Å². The fourth-order valence-corrected chi connectivity index (χ4v) is 6.62. The van der Waals surface area contributed by atoms with Crippen molar-refractivity contribution >= 4 is 51.2 Å². The van der Waals surface area contributed by atoms with E-state index in [-0.39, 0.29) is 29.6 Å². The molecule has 0 bridgehead atoms. The fraction of sp³-hybridized carbons (Fsp3) is 0.316. The Hall–Kier alpha value is -5.58. The number of imidazole rings is 2. The molecule has 1 amide bonds. The number of hydrogen-bond acceptors (Lipinski definition) is 8. The average molecular weight is 659 g/mol. The van der Waals surface area contributed by atoms with E-state index in [0.717, 1.165) is 22.7 Å². The first kappa shape index (κ1) is 33.3. The van der Waals surface area contributed by atoms with Crippen LogP contribution in [0.1, 0.15) is 88.0 Å². The average Bonchev–Trinajstić information content (AvgIpc) is 3.69. The Morgan fingerprint density at radius 3 is 1.84 bits per heavy atom. The number of benzene rings is 1. The minimum absolute atomic E-state index is 0.0619. The molecule has 0 aliphatic heterocycles. The Labute approximate surface area is 282 Å². The number of primary amides is 1. The van der Waals surface area contributed by atoms with Crippen molar-refractivity contribution in [3.05, 3.63) is 97.8 Å². The molecule has 2 aliphatic carbocycles. The summed E-state index contributed by atoms with van der Waals surface area (Å²) in [6, 6.07) is 8.74. The second-order valence-electron chi connectivity index (χ2n) is 12.9. The SMILES string of the molecule is CC1=C(C)C(=O)C(CCCc2nc3nc(CC4=C(C)C(=O)C(CCCc5nc6ccc(C(N)=O)cc6[nH]5)=C(C)C4=O)ccc3[nH]2)=C(C)C1=O. The smallest absolute Gasteiger partial charge is 0.248 e. The standard InChI is InChI=1S/C38H38N6O5/c1-18-19(2)34(46)25(20(3)33(18)45)8-7-11-32-42-29-15-13-24(40-38(29)44-32)17-27-22(5)35(47)26(21(4)36(27)48)9-6-10-31-41-28-14-12-23(37(39)49)16-30(28)43-31/h12-16H,6-11,17H2,1-5H3,(H2,39,49)(H,41,43)(H,40,42,44). The van der Waals surface area contributed by atoms with Crippen molar-refractivity contribution in [3.63, 3.8) is 0 Å². The van der Waals surface area contributed by atoms with Crippen LogP contribution in [0.5, 0.6) is 0 Å². The molecule has 3 aromatic heterocycles. The van der Waals surface area contributed by atoms with Crippen LogP contribution < -0.4 is 5.73 Å². The highest BCUT2D eigenvalue weighted by atomic mass is 16.2. The second kappa shape index (κ2) is 13.1. The molecule has 0 saturated heterocycles. The van der Waals surface area contributed by atoms with Crippen molar-refractivity contribution in [2.24, 2.45) is 5.73 Å². The van der Waals surface area contributed by atoms with Gasteiger partial charge in [-0.15, -0.1) is 0 Å². The number of ketones is 4. The Morgan fingerprint density at radius 2 is 1.16 bits per heavy atom. The predicted molar refractivity (Wildman–Crippen MR) is 185 cm³/mol. The number of aromatic amines is 2. The van der Waals surface area contributed by atoms with Crippen LogP contribution in [0.4, 0.5) is 0 Å². The van der Waals surface area contributed by atoms with Crippen LogP contribution in [0.3, 0.4) is 0 Å². The van der Waals surface area contributed by atoms with Gasteiger partial charge >= 0.3 is 0 Å². The Balaban J connectivity index is 1.08. The van der Waals surface area contributed by atoms with Crippen molar-refractivity contribution in [3.8, 4) is 0 Å². The molecule has 11 heteroatoms. The lowest BCUT2D eigenvalue weighted by molar-refractivity contribution is -0.116. The lowest BCUT2D eigenvalue weighted by atomic mass is 9.81. The molecule has 0 fully saturated rings. The van der Waals surface area contributed by atoms with Gasteiger partial charge in [0.15, 0.2) is 28.8 Å². The third kappa shape index (κ3) is 6.36. The third-order valence-electron chi connectivity index (χ3n) is 9.75. The van der Waals surface area contributed by atoms with Crippen LogP contribution in [-0.2, 0) is 38.4 Å². The van der Waals surface area contributed by atoms with Crippen molar-refractivity contribution in [2.75, 3.05) is 0 Å². The summed E-state index contributed by atoms with van der Waals surface area (Å²) in [7, 11) is 0. The molecule has 11 nitrogen and oxygen atoms in total. The Kier molecular flexibility index (Phi) is 8.94. The van der Waals surface area contributed by atoms with Crippen molar-refractivity contribution in [2.45, 2.75) is 79.6 Å². The highest BCUT2D eigenvalue weighted by Gasteiger charge is 2.30. The number of rotatable bonds is 11. The molecule has 4 N–H and O–H groups in total. The van der Waals surface area contributed by atoms with Gasteiger partial charge in [0.1, 0.15) is 11.6 Å². The summed E-state index contributed by atoms with van der Waals surface area (Å²) in [4.78, 5) is 84.1. The maximum atomic E-state index is 13.5. The molecule has 1 aromatic carbocycles. The largest absolute Gasteiger partial charge is 0.366 e. The maximum absolute atomic E-state index is 13.5. The topological polar surface area (TPSA) is 182 Å². The molecular weight excluding hydrogens is 620 g/mol. The third-order valence-corrected chi connectivity index (χ3v) is 9.75. The highest BCUT2D eigenvalue weighted by Crippen LogP contribution is 2.31.